The monoisotopic (exact) mass is 391 g/mol. The third-order valence-electron chi connectivity index (χ3n) is 5.43. The molecule has 1 fully saturated rings. The SMILES string of the molecule is O=C(O)C1CCCN(C(c2ccco2)c2ccccc2OCc2ccccc2)C1. The van der Waals surface area contributed by atoms with Crippen LogP contribution < -0.4 is 4.74 Å². The Labute approximate surface area is 170 Å². The van der Waals surface area contributed by atoms with E-state index < -0.39 is 5.97 Å². The van der Waals surface area contributed by atoms with Crippen molar-refractivity contribution in [1.29, 1.82) is 0 Å². The third-order valence-corrected chi connectivity index (χ3v) is 5.43. The Hall–Kier alpha value is -3.05. The normalized spacial score (nSPS) is 18.3. The molecule has 1 aliphatic heterocycles. The molecular weight excluding hydrogens is 366 g/mol. The number of carboxylic acids is 1. The van der Waals surface area contributed by atoms with Crippen molar-refractivity contribution in [3.05, 3.63) is 89.9 Å². The molecule has 29 heavy (non-hydrogen) atoms. The molecule has 5 heteroatoms. The van der Waals surface area contributed by atoms with Crippen molar-refractivity contribution in [2.75, 3.05) is 13.1 Å². The molecule has 5 nitrogen and oxygen atoms in total. The molecule has 150 valence electrons. The minimum atomic E-state index is -0.735. The third kappa shape index (κ3) is 4.51. The van der Waals surface area contributed by atoms with Gasteiger partial charge in [0.1, 0.15) is 18.1 Å². The fraction of sp³-hybridized carbons (Fsp3) is 0.292. The van der Waals surface area contributed by atoms with Crippen LogP contribution >= 0.6 is 0 Å². The number of piperidine rings is 1. The molecule has 2 atom stereocenters. The Kier molecular flexibility index (Phi) is 5.96. The number of nitrogens with zero attached hydrogens (tertiary/aromatic N) is 1. The Balaban J connectivity index is 1.64. The maximum atomic E-state index is 11.6. The summed E-state index contributed by atoms with van der Waals surface area (Å²) in [4.78, 5) is 13.8. The maximum Gasteiger partial charge on any atom is 0.307 e. The van der Waals surface area contributed by atoms with Crippen LogP contribution in [0.4, 0.5) is 0 Å². The van der Waals surface area contributed by atoms with Gasteiger partial charge in [-0.3, -0.25) is 9.69 Å². The Morgan fingerprint density at radius 3 is 2.66 bits per heavy atom. The van der Waals surface area contributed by atoms with Crippen molar-refractivity contribution in [1.82, 2.24) is 4.90 Å². The number of ether oxygens (including phenoxy) is 1. The van der Waals surface area contributed by atoms with E-state index in [9.17, 15) is 9.90 Å². The fourth-order valence-electron chi connectivity index (χ4n) is 3.99. The molecule has 0 spiro atoms. The van der Waals surface area contributed by atoms with Gasteiger partial charge in [-0.15, -0.1) is 0 Å². The average Bonchev–Trinajstić information content (AvgIpc) is 3.28. The van der Waals surface area contributed by atoms with Crippen molar-refractivity contribution in [2.24, 2.45) is 5.92 Å². The lowest BCUT2D eigenvalue weighted by Gasteiger charge is -2.36. The molecule has 3 aromatic rings. The van der Waals surface area contributed by atoms with Crippen molar-refractivity contribution in [3.63, 3.8) is 0 Å². The molecule has 2 aromatic carbocycles. The van der Waals surface area contributed by atoms with Gasteiger partial charge in [-0.1, -0.05) is 48.5 Å². The van der Waals surface area contributed by atoms with Gasteiger partial charge in [0.2, 0.25) is 0 Å². The van der Waals surface area contributed by atoms with Crippen LogP contribution in [0.2, 0.25) is 0 Å². The zero-order chi connectivity index (χ0) is 20.1. The lowest BCUT2D eigenvalue weighted by atomic mass is 9.93. The summed E-state index contributed by atoms with van der Waals surface area (Å²) in [6.07, 6.45) is 3.22. The summed E-state index contributed by atoms with van der Waals surface area (Å²) < 4.78 is 12.0. The number of carbonyl (C=O) groups is 1. The predicted molar refractivity (Wildman–Crippen MR) is 110 cm³/mol. The topological polar surface area (TPSA) is 62.9 Å². The van der Waals surface area contributed by atoms with Crippen molar-refractivity contribution >= 4 is 5.97 Å². The van der Waals surface area contributed by atoms with Gasteiger partial charge < -0.3 is 14.3 Å². The largest absolute Gasteiger partial charge is 0.489 e. The summed E-state index contributed by atoms with van der Waals surface area (Å²) in [6, 6.07) is 21.6. The molecule has 0 amide bonds. The Bertz CT molecular complexity index is 923. The molecule has 1 N–H and O–H groups in total. The van der Waals surface area contributed by atoms with Crippen molar-refractivity contribution in [2.45, 2.75) is 25.5 Å². The van der Waals surface area contributed by atoms with E-state index in [-0.39, 0.29) is 12.0 Å². The first-order chi connectivity index (χ1) is 14.2. The van der Waals surface area contributed by atoms with E-state index in [1.165, 1.54) is 0 Å². The lowest BCUT2D eigenvalue weighted by molar-refractivity contribution is -0.143. The van der Waals surface area contributed by atoms with Crippen LogP contribution in [0.3, 0.4) is 0 Å². The van der Waals surface area contributed by atoms with Gasteiger partial charge in [-0.2, -0.15) is 0 Å². The summed E-state index contributed by atoms with van der Waals surface area (Å²) in [6.45, 7) is 1.79. The molecule has 1 aliphatic rings. The summed E-state index contributed by atoms with van der Waals surface area (Å²) in [5.41, 5.74) is 2.09. The maximum absolute atomic E-state index is 11.6. The molecule has 2 unspecified atom stereocenters. The molecule has 0 bridgehead atoms. The first kappa shape index (κ1) is 19.3. The van der Waals surface area contributed by atoms with E-state index in [0.717, 1.165) is 35.6 Å². The van der Waals surface area contributed by atoms with E-state index in [0.29, 0.717) is 19.6 Å². The van der Waals surface area contributed by atoms with Crippen molar-refractivity contribution < 1.29 is 19.1 Å². The van der Waals surface area contributed by atoms with E-state index in [1.807, 2.05) is 66.7 Å². The number of aliphatic carboxylic acids is 1. The molecule has 0 aliphatic carbocycles. The van der Waals surface area contributed by atoms with Crippen molar-refractivity contribution in [3.8, 4) is 5.75 Å². The van der Waals surface area contributed by atoms with Crippen LogP contribution in [0, 0.1) is 5.92 Å². The highest BCUT2D eigenvalue weighted by Crippen LogP contribution is 2.37. The molecule has 0 radical (unpaired) electrons. The molecule has 0 saturated carbocycles. The molecule has 2 heterocycles. The minimum Gasteiger partial charge on any atom is -0.489 e. The molecule has 1 aromatic heterocycles. The van der Waals surface area contributed by atoms with E-state index in [4.69, 9.17) is 9.15 Å². The Morgan fingerprint density at radius 2 is 1.90 bits per heavy atom. The summed E-state index contributed by atoms with van der Waals surface area (Å²) >= 11 is 0. The van der Waals surface area contributed by atoms with Gasteiger partial charge >= 0.3 is 5.97 Å². The first-order valence-corrected chi connectivity index (χ1v) is 9.98. The van der Waals surface area contributed by atoms with E-state index in [1.54, 1.807) is 6.26 Å². The average molecular weight is 391 g/mol. The number of hydrogen-bond donors (Lipinski definition) is 1. The summed E-state index contributed by atoms with van der Waals surface area (Å²) in [5.74, 6) is 0.488. The smallest absolute Gasteiger partial charge is 0.307 e. The highest BCUT2D eigenvalue weighted by atomic mass is 16.5. The lowest BCUT2D eigenvalue weighted by Crippen LogP contribution is -2.41. The second kappa shape index (κ2) is 8.97. The Morgan fingerprint density at radius 1 is 1.10 bits per heavy atom. The first-order valence-electron chi connectivity index (χ1n) is 9.98. The van der Waals surface area contributed by atoms with Gasteiger partial charge in [-0.25, -0.2) is 0 Å². The molecular formula is C24H25NO4. The summed E-state index contributed by atoms with van der Waals surface area (Å²) in [7, 11) is 0. The zero-order valence-corrected chi connectivity index (χ0v) is 16.2. The van der Waals surface area contributed by atoms with Gasteiger partial charge in [-0.05, 0) is 43.1 Å². The quantitative estimate of drug-likeness (QED) is 0.630. The number of rotatable bonds is 7. The second-order valence-corrected chi connectivity index (χ2v) is 7.40. The highest BCUT2D eigenvalue weighted by molar-refractivity contribution is 5.70. The zero-order valence-electron chi connectivity index (χ0n) is 16.2. The molecule has 1 saturated heterocycles. The predicted octanol–water partition coefficient (Wildman–Crippen LogP) is 4.74. The number of likely N-dealkylation sites (tertiary alicyclic amines) is 1. The standard InChI is InChI=1S/C24H25NO4/c26-24(27)19-10-6-14-25(16-19)23(22-13-7-15-28-22)20-11-4-5-12-21(20)29-17-18-8-2-1-3-9-18/h1-5,7-9,11-13,15,19,23H,6,10,14,16-17H2,(H,26,27). The number of hydrogen-bond acceptors (Lipinski definition) is 4. The van der Waals surface area contributed by atoms with Gasteiger partial charge in [0.15, 0.2) is 0 Å². The van der Waals surface area contributed by atoms with Gasteiger partial charge in [0.05, 0.1) is 18.2 Å². The molecule has 4 rings (SSSR count). The van der Waals surface area contributed by atoms with E-state index in [2.05, 4.69) is 4.90 Å². The van der Waals surface area contributed by atoms with Gasteiger partial charge in [0.25, 0.3) is 0 Å². The van der Waals surface area contributed by atoms with Crippen LogP contribution in [0.25, 0.3) is 0 Å². The second-order valence-electron chi connectivity index (χ2n) is 7.40. The number of carboxylic acid groups (broad SMARTS) is 1. The van der Waals surface area contributed by atoms with Crippen LogP contribution in [0.1, 0.15) is 35.8 Å². The number of para-hydroxylation sites is 1. The van der Waals surface area contributed by atoms with Gasteiger partial charge in [0, 0.05) is 12.1 Å². The number of furan rings is 1. The van der Waals surface area contributed by atoms with Crippen LogP contribution in [0.5, 0.6) is 5.75 Å². The van der Waals surface area contributed by atoms with E-state index >= 15 is 0 Å². The fourth-order valence-corrected chi connectivity index (χ4v) is 3.99. The minimum absolute atomic E-state index is 0.181. The number of benzene rings is 2. The summed E-state index contributed by atoms with van der Waals surface area (Å²) in [5, 5.41) is 9.53. The van der Waals surface area contributed by atoms with Crippen LogP contribution in [-0.4, -0.2) is 29.1 Å². The highest BCUT2D eigenvalue weighted by Gasteiger charge is 2.33. The van der Waals surface area contributed by atoms with Crippen LogP contribution in [-0.2, 0) is 11.4 Å². The van der Waals surface area contributed by atoms with Crippen LogP contribution in [0.15, 0.2) is 77.4 Å².